The summed E-state index contributed by atoms with van der Waals surface area (Å²) in [5, 5.41) is 3.00. The number of nitrogens with one attached hydrogen (secondary N) is 1. The van der Waals surface area contributed by atoms with Gasteiger partial charge in [-0.1, -0.05) is 11.6 Å². The van der Waals surface area contributed by atoms with Crippen molar-refractivity contribution in [1.29, 1.82) is 0 Å². The summed E-state index contributed by atoms with van der Waals surface area (Å²) < 4.78 is 17.4. The van der Waals surface area contributed by atoms with Crippen molar-refractivity contribution < 1.29 is 9.13 Å². The Balaban J connectivity index is 2.69. The molecule has 0 saturated carbocycles. The van der Waals surface area contributed by atoms with E-state index in [-0.39, 0.29) is 5.02 Å². The van der Waals surface area contributed by atoms with E-state index in [1.165, 1.54) is 12.1 Å². The number of hydrogen-bond acceptors (Lipinski definition) is 2. The Morgan fingerprint density at radius 3 is 2.92 bits per heavy atom. The lowest BCUT2D eigenvalue weighted by molar-refractivity contribution is 0.221. The summed E-state index contributed by atoms with van der Waals surface area (Å²) >= 11 is 5.54. The second kappa shape index (κ2) is 4.28. The topological polar surface area (TPSA) is 21.3 Å². The van der Waals surface area contributed by atoms with E-state index in [0.717, 1.165) is 5.69 Å². The molecule has 0 heterocycles. The van der Waals surface area contributed by atoms with Gasteiger partial charge in [-0.2, -0.15) is 0 Å². The van der Waals surface area contributed by atoms with Crippen LogP contribution in [0, 0.1) is 5.82 Å². The Morgan fingerprint density at radius 1 is 1.58 bits per heavy atom. The molecule has 0 aliphatic rings. The highest BCUT2D eigenvalue weighted by atomic mass is 35.5. The molecule has 0 fully saturated rings. The van der Waals surface area contributed by atoms with Gasteiger partial charge in [0.05, 0.1) is 5.02 Å². The van der Waals surface area contributed by atoms with Crippen LogP contribution in [0.1, 0.15) is 0 Å². The minimum Gasteiger partial charge on any atom is -0.365 e. The largest absolute Gasteiger partial charge is 0.365 e. The van der Waals surface area contributed by atoms with Crippen LogP contribution in [-0.2, 0) is 4.74 Å². The number of halogens is 2. The fourth-order valence-corrected chi connectivity index (χ4v) is 0.942. The smallest absolute Gasteiger partial charge is 0.141 e. The van der Waals surface area contributed by atoms with Gasteiger partial charge in [-0.25, -0.2) is 4.39 Å². The molecule has 4 heteroatoms. The van der Waals surface area contributed by atoms with Crippen molar-refractivity contribution in [3.63, 3.8) is 0 Å². The van der Waals surface area contributed by atoms with Crippen molar-refractivity contribution in [2.75, 3.05) is 19.2 Å². The zero-order valence-electron chi connectivity index (χ0n) is 6.60. The van der Waals surface area contributed by atoms with Gasteiger partial charge >= 0.3 is 0 Å². The first-order valence-electron chi connectivity index (χ1n) is 3.42. The highest BCUT2D eigenvalue weighted by Crippen LogP contribution is 2.18. The first-order valence-corrected chi connectivity index (χ1v) is 3.79. The molecule has 0 atom stereocenters. The molecule has 0 aliphatic carbocycles. The van der Waals surface area contributed by atoms with Crippen molar-refractivity contribution >= 4 is 17.3 Å². The van der Waals surface area contributed by atoms with Gasteiger partial charge in [-0.15, -0.1) is 0 Å². The number of benzene rings is 1. The first-order chi connectivity index (χ1) is 5.74. The molecule has 0 amide bonds. The molecule has 0 spiro atoms. The quantitative estimate of drug-likeness (QED) is 0.738. The minimum atomic E-state index is -0.417. The van der Waals surface area contributed by atoms with E-state index in [1.54, 1.807) is 13.2 Å². The Hall–Kier alpha value is -0.800. The van der Waals surface area contributed by atoms with Crippen molar-refractivity contribution in [2.24, 2.45) is 0 Å². The SMILES string of the molecule is COCNc1ccc(F)c(Cl)c1. The van der Waals surface area contributed by atoms with Crippen molar-refractivity contribution in [3.8, 4) is 0 Å². The third kappa shape index (κ3) is 2.36. The number of methoxy groups -OCH3 is 1. The Labute approximate surface area is 75.3 Å². The average Bonchev–Trinajstić information content (AvgIpc) is 2.07. The molecule has 0 saturated heterocycles. The molecule has 1 aromatic carbocycles. The van der Waals surface area contributed by atoms with Gasteiger partial charge < -0.3 is 10.1 Å². The van der Waals surface area contributed by atoms with Crippen LogP contribution >= 0.6 is 11.6 Å². The third-order valence-corrected chi connectivity index (χ3v) is 1.63. The highest BCUT2D eigenvalue weighted by molar-refractivity contribution is 6.31. The van der Waals surface area contributed by atoms with Crippen molar-refractivity contribution in [2.45, 2.75) is 0 Å². The lowest BCUT2D eigenvalue weighted by atomic mass is 10.3. The lowest BCUT2D eigenvalue weighted by Crippen LogP contribution is -2.02. The molecular weight excluding hydrogens is 181 g/mol. The number of rotatable bonds is 3. The predicted molar refractivity (Wildman–Crippen MR) is 46.9 cm³/mol. The monoisotopic (exact) mass is 189 g/mol. The lowest BCUT2D eigenvalue weighted by Gasteiger charge is -2.04. The van der Waals surface area contributed by atoms with Crippen LogP contribution in [0.2, 0.25) is 5.02 Å². The molecular formula is C8H9ClFNO. The van der Waals surface area contributed by atoms with E-state index in [9.17, 15) is 4.39 Å². The van der Waals surface area contributed by atoms with E-state index in [1.807, 2.05) is 0 Å². The van der Waals surface area contributed by atoms with Crippen LogP contribution in [0.15, 0.2) is 18.2 Å². The summed E-state index contributed by atoms with van der Waals surface area (Å²) in [6.45, 7) is 0.377. The third-order valence-electron chi connectivity index (χ3n) is 1.34. The summed E-state index contributed by atoms with van der Waals surface area (Å²) in [6.07, 6.45) is 0. The number of hydrogen-bond donors (Lipinski definition) is 1. The predicted octanol–water partition coefficient (Wildman–Crippen LogP) is 2.49. The second-order valence-electron chi connectivity index (χ2n) is 2.24. The van der Waals surface area contributed by atoms with Gasteiger partial charge in [0.1, 0.15) is 12.5 Å². The normalized spacial score (nSPS) is 9.92. The van der Waals surface area contributed by atoms with Gasteiger partial charge in [-0.05, 0) is 18.2 Å². The molecule has 0 aromatic heterocycles. The van der Waals surface area contributed by atoms with Gasteiger partial charge in [0, 0.05) is 12.8 Å². The first kappa shape index (κ1) is 9.29. The van der Waals surface area contributed by atoms with E-state index in [2.05, 4.69) is 5.32 Å². The summed E-state index contributed by atoms with van der Waals surface area (Å²) in [7, 11) is 1.57. The maximum Gasteiger partial charge on any atom is 0.141 e. The number of ether oxygens (including phenoxy) is 1. The molecule has 12 heavy (non-hydrogen) atoms. The van der Waals surface area contributed by atoms with Crippen LogP contribution in [0.5, 0.6) is 0 Å². The van der Waals surface area contributed by atoms with Gasteiger partial charge in [-0.3, -0.25) is 0 Å². The molecule has 1 aromatic rings. The van der Waals surface area contributed by atoms with Crippen LogP contribution in [0.4, 0.5) is 10.1 Å². The Bertz CT molecular complexity index is 267. The zero-order chi connectivity index (χ0) is 8.97. The van der Waals surface area contributed by atoms with E-state index in [0.29, 0.717) is 6.73 Å². The average molecular weight is 190 g/mol. The zero-order valence-corrected chi connectivity index (χ0v) is 7.36. The summed E-state index contributed by atoms with van der Waals surface area (Å²) in [5.41, 5.74) is 0.739. The summed E-state index contributed by atoms with van der Waals surface area (Å²) in [4.78, 5) is 0. The summed E-state index contributed by atoms with van der Waals surface area (Å²) in [6, 6.07) is 4.41. The number of anilines is 1. The highest BCUT2D eigenvalue weighted by Gasteiger charge is 1.98. The van der Waals surface area contributed by atoms with Gasteiger partial charge in [0.15, 0.2) is 0 Å². The van der Waals surface area contributed by atoms with Crippen LogP contribution in [0.25, 0.3) is 0 Å². The molecule has 0 radical (unpaired) electrons. The molecule has 0 bridgehead atoms. The van der Waals surface area contributed by atoms with Gasteiger partial charge in [0.2, 0.25) is 0 Å². The standard InChI is InChI=1S/C8H9ClFNO/c1-12-5-11-6-2-3-8(10)7(9)4-6/h2-4,11H,5H2,1H3. The molecule has 1 rings (SSSR count). The maximum absolute atomic E-state index is 12.6. The molecule has 0 aliphatic heterocycles. The Kier molecular flexibility index (Phi) is 3.31. The molecule has 66 valence electrons. The maximum atomic E-state index is 12.6. The van der Waals surface area contributed by atoms with Crippen LogP contribution in [-0.4, -0.2) is 13.8 Å². The fourth-order valence-electron chi connectivity index (χ4n) is 0.762. The molecule has 1 N–H and O–H groups in total. The van der Waals surface area contributed by atoms with Crippen LogP contribution < -0.4 is 5.32 Å². The van der Waals surface area contributed by atoms with Crippen molar-refractivity contribution in [3.05, 3.63) is 29.0 Å². The second-order valence-corrected chi connectivity index (χ2v) is 2.65. The van der Waals surface area contributed by atoms with Crippen molar-refractivity contribution in [1.82, 2.24) is 0 Å². The minimum absolute atomic E-state index is 0.108. The van der Waals surface area contributed by atoms with E-state index in [4.69, 9.17) is 16.3 Å². The van der Waals surface area contributed by atoms with Gasteiger partial charge in [0.25, 0.3) is 0 Å². The van der Waals surface area contributed by atoms with E-state index >= 15 is 0 Å². The molecule has 2 nitrogen and oxygen atoms in total. The summed E-state index contributed by atoms with van der Waals surface area (Å²) in [5.74, 6) is -0.417. The fraction of sp³-hybridized carbons (Fsp3) is 0.250. The van der Waals surface area contributed by atoms with E-state index < -0.39 is 5.82 Å². The Morgan fingerprint density at radius 2 is 2.33 bits per heavy atom. The molecule has 0 unspecified atom stereocenters. The van der Waals surface area contributed by atoms with Crippen LogP contribution in [0.3, 0.4) is 0 Å².